The first-order valence-corrected chi connectivity index (χ1v) is 13.9. The minimum absolute atomic E-state index is 0.0625. The Balaban J connectivity index is 1.31. The third-order valence-electron chi connectivity index (χ3n) is 6.46. The van der Waals surface area contributed by atoms with Gasteiger partial charge in [0.05, 0.1) is 18.5 Å². The van der Waals surface area contributed by atoms with E-state index in [4.69, 9.17) is 20.4 Å². The molecule has 41 heavy (non-hydrogen) atoms. The second-order valence-corrected chi connectivity index (χ2v) is 10.6. The molecule has 0 radical (unpaired) electrons. The minimum Gasteiger partial charge on any atom is -0.398 e. The molecule has 216 valence electrons. The molecular formula is C25H28N8O7S. The molecule has 0 spiro atoms. The number of para-hydroxylation sites is 1. The first kappa shape index (κ1) is 28.2. The molecule has 1 aliphatic heterocycles. The topological polar surface area (TPSA) is 230 Å². The van der Waals surface area contributed by atoms with E-state index >= 15 is 0 Å². The number of ether oxygens (including phenoxy) is 1. The lowest BCUT2D eigenvalue weighted by molar-refractivity contribution is -0.0468. The van der Waals surface area contributed by atoms with Crippen molar-refractivity contribution in [2.45, 2.75) is 37.9 Å². The van der Waals surface area contributed by atoms with Gasteiger partial charge in [-0.15, -0.1) is 0 Å². The highest BCUT2D eigenvalue weighted by Crippen LogP contribution is 2.33. The lowest BCUT2D eigenvalue weighted by Crippen LogP contribution is -2.38. The van der Waals surface area contributed by atoms with Crippen LogP contribution in [0.4, 0.5) is 23.1 Å². The quantitative estimate of drug-likeness (QED) is 0.148. The number of aliphatic hydroxyl groups is 2. The zero-order valence-electron chi connectivity index (χ0n) is 21.7. The van der Waals surface area contributed by atoms with Crippen molar-refractivity contribution >= 4 is 50.5 Å². The van der Waals surface area contributed by atoms with Crippen molar-refractivity contribution in [3.63, 3.8) is 0 Å². The van der Waals surface area contributed by atoms with Gasteiger partial charge in [0.15, 0.2) is 17.7 Å². The summed E-state index contributed by atoms with van der Waals surface area (Å²) in [6.07, 6.45) is -3.45. The fraction of sp³-hybridized carbons (Fsp3) is 0.280. The van der Waals surface area contributed by atoms with E-state index in [1.165, 1.54) is 29.1 Å². The van der Waals surface area contributed by atoms with Crippen molar-refractivity contribution in [1.82, 2.24) is 24.2 Å². The van der Waals surface area contributed by atoms with Crippen molar-refractivity contribution in [2.24, 2.45) is 0 Å². The van der Waals surface area contributed by atoms with E-state index in [1.807, 2.05) is 31.2 Å². The van der Waals surface area contributed by atoms with E-state index < -0.39 is 47.4 Å². The van der Waals surface area contributed by atoms with Crippen molar-refractivity contribution in [3.8, 4) is 0 Å². The van der Waals surface area contributed by atoms with Crippen molar-refractivity contribution < 1.29 is 32.3 Å². The number of hydrogen-bond donors (Lipinski definition) is 6. The van der Waals surface area contributed by atoms with E-state index in [0.717, 1.165) is 17.7 Å². The molecule has 1 saturated heterocycles. The van der Waals surface area contributed by atoms with Crippen molar-refractivity contribution in [3.05, 3.63) is 66.0 Å². The number of benzene rings is 2. The van der Waals surface area contributed by atoms with Gasteiger partial charge in [0.2, 0.25) is 5.95 Å². The highest BCUT2D eigenvalue weighted by Gasteiger charge is 2.45. The Hall–Kier alpha value is -4.35. The van der Waals surface area contributed by atoms with Crippen LogP contribution >= 0.6 is 0 Å². The Bertz CT molecular complexity index is 1700. The number of nitrogen functional groups attached to an aromatic ring is 2. The molecular weight excluding hydrogens is 556 g/mol. The number of nitrogens with zero attached hydrogens (tertiary/aromatic N) is 4. The zero-order chi connectivity index (χ0) is 29.3. The largest absolute Gasteiger partial charge is 0.398 e. The average Bonchev–Trinajstić information content (AvgIpc) is 3.48. The SMILES string of the molecule is CCc1cccc(Nc2nc(N)c3ncn([C@@H]4O[C@H](COS(=O)(=O)NC(=O)c5ccccc5N)[C@@H](O)[C@H]4O)c3n2)c1. The second-order valence-electron chi connectivity index (χ2n) is 9.24. The molecule has 8 N–H and O–H groups in total. The molecule has 4 atom stereocenters. The maximum absolute atomic E-state index is 12.4. The number of aromatic nitrogens is 4. The average molecular weight is 585 g/mol. The van der Waals surface area contributed by atoms with Crippen molar-refractivity contribution in [1.29, 1.82) is 0 Å². The number of fused-ring (bicyclic) bond motifs is 1. The summed E-state index contributed by atoms with van der Waals surface area (Å²) >= 11 is 0. The normalized spacial score (nSPS) is 20.8. The molecule has 0 saturated carbocycles. The number of aryl methyl sites for hydroxylation is 1. The van der Waals surface area contributed by atoms with E-state index in [9.17, 15) is 23.4 Å². The molecule has 1 fully saturated rings. The van der Waals surface area contributed by atoms with Crippen LogP contribution in [0.15, 0.2) is 54.9 Å². The molecule has 1 amide bonds. The third-order valence-corrected chi connectivity index (χ3v) is 7.34. The molecule has 15 nitrogen and oxygen atoms in total. The molecule has 5 rings (SSSR count). The van der Waals surface area contributed by atoms with Gasteiger partial charge >= 0.3 is 10.3 Å². The fourth-order valence-corrected chi connectivity index (χ4v) is 5.04. The predicted octanol–water partition coefficient (Wildman–Crippen LogP) is 0.607. The maximum atomic E-state index is 12.4. The number of nitrogens with one attached hydrogen (secondary N) is 2. The lowest BCUT2D eigenvalue weighted by Gasteiger charge is -2.17. The van der Waals surface area contributed by atoms with E-state index in [2.05, 4.69) is 20.3 Å². The first-order valence-electron chi connectivity index (χ1n) is 12.5. The summed E-state index contributed by atoms with van der Waals surface area (Å²) in [5, 5.41) is 24.4. The van der Waals surface area contributed by atoms with Crippen LogP contribution in [-0.2, 0) is 25.6 Å². The third kappa shape index (κ3) is 5.91. The first-order chi connectivity index (χ1) is 19.6. The number of aliphatic hydroxyl groups excluding tert-OH is 2. The zero-order valence-corrected chi connectivity index (χ0v) is 22.5. The fourth-order valence-electron chi connectivity index (χ4n) is 4.33. The Morgan fingerprint density at radius 3 is 2.66 bits per heavy atom. The van der Waals surface area contributed by atoms with Gasteiger partial charge in [-0.25, -0.2) is 9.71 Å². The van der Waals surface area contributed by atoms with Crippen LogP contribution in [0.1, 0.15) is 29.1 Å². The minimum atomic E-state index is -4.62. The molecule has 4 aromatic rings. The van der Waals surface area contributed by atoms with E-state index in [0.29, 0.717) is 0 Å². The van der Waals surface area contributed by atoms with Crippen LogP contribution in [0, 0.1) is 0 Å². The number of carbonyl (C=O) groups excluding carboxylic acids is 1. The summed E-state index contributed by atoms with van der Waals surface area (Å²) in [6.45, 7) is 1.32. The number of hydrogen-bond acceptors (Lipinski definition) is 13. The summed E-state index contributed by atoms with van der Waals surface area (Å²) in [6, 6.07) is 13.6. The highest BCUT2D eigenvalue weighted by molar-refractivity contribution is 7.85. The van der Waals surface area contributed by atoms with Crippen LogP contribution in [0.5, 0.6) is 0 Å². The van der Waals surface area contributed by atoms with Gasteiger partial charge in [-0.05, 0) is 36.2 Å². The predicted molar refractivity (Wildman–Crippen MR) is 148 cm³/mol. The Kier molecular flexibility index (Phi) is 7.74. The summed E-state index contributed by atoms with van der Waals surface area (Å²) in [4.78, 5) is 25.2. The Morgan fingerprint density at radius 2 is 1.90 bits per heavy atom. The molecule has 0 bridgehead atoms. The molecule has 0 aliphatic carbocycles. The smallest absolute Gasteiger partial charge is 0.362 e. The van der Waals surface area contributed by atoms with Gasteiger partial charge in [0.25, 0.3) is 5.91 Å². The van der Waals surface area contributed by atoms with E-state index in [1.54, 1.807) is 10.8 Å². The van der Waals surface area contributed by atoms with Crippen LogP contribution in [0.2, 0.25) is 0 Å². The molecule has 2 aromatic heterocycles. The number of carbonyl (C=O) groups is 1. The Labute approximate surface area is 234 Å². The van der Waals surface area contributed by atoms with Crippen LogP contribution in [0.3, 0.4) is 0 Å². The molecule has 1 aliphatic rings. The van der Waals surface area contributed by atoms with Gasteiger partial charge in [-0.2, -0.15) is 18.4 Å². The van der Waals surface area contributed by atoms with Crippen LogP contribution < -0.4 is 21.5 Å². The number of nitrogens with two attached hydrogens (primary N) is 2. The second kappa shape index (κ2) is 11.3. The van der Waals surface area contributed by atoms with Crippen LogP contribution in [-0.4, -0.2) is 69.0 Å². The summed E-state index contributed by atoms with van der Waals surface area (Å²) in [7, 11) is -4.62. The summed E-state index contributed by atoms with van der Waals surface area (Å²) < 4.78 is 38.5. The van der Waals surface area contributed by atoms with Crippen molar-refractivity contribution in [2.75, 3.05) is 23.4 Å². The lowest BCUT2D eigenvalue weighted by atomic mass is 10.1. The number of amides is 1. The summed E-state index contributed by atoms with van der Waals surface area (Å²) in [5.74, 6) is -0.766. The van der Waals surface area contributed by atoms with Gasteiger partial charge < -0.3 is 31.7 Å². The van der Waals surface area contributed by atoms with Gasteiger partial charge in [-0.1, -0.05) is 31.2 Å². The van der Waals surface area contributed by atoms with Gasteiger partial charge in [0.1, 0.15) is 23.8 Å². The monoisotopic (exact) mass is 584 g/mol. The summed E-state index contributed by atoms with van der Waals surface area (Å²) in [5.41, 5.74) is 14.1. The molecule has 2 aromatic carbocycles. The number of rotatable bonds is 9. The molecule has 0 unspecified atom stereocenters. The highest BCUT2D eigenvalue weighted by atomic mass is 32.2. The molecule has 3 heterocycles. The number of anilines is 4. The Morgan fingerprint density at radius 1 is 1.12 bits per heavy atom. The van der Waals surface area contributed by atoms with Crippen LogP contribution in [0.25, 0.3) is 11.2 Å². The molecule has 16 heteroatoms. The standard InChI is InChI=1S/C25H28N8O7S/c1-2-13-6-5-7-14(10-13)29-25-30-21(27)18-22(31-25)33(12-28-18)24-20(35)19(34)17(40-24)11-39-41(37,38)32-23(36)15-8-3-4-9-16(15)26/h3-10,12,17,19-20,24,34-35H,2,11,26H2,1H3,(H,32,36)(H3,27,29,30,31)/t17-,19-,20-,24-/m1/s1. The van der Waals surface area contributed by atoms with E-state index in [-0.39, 0.29) is 34.2 Å². The maximum Gasteiger partial charge on any atom is 0.362 e. The van der Waals surface area contributed by atoms with Gasteiger partial charge in [-0.3, -0.25) is 13.5 Å². The number of imidazole rings is 1. The van der Waals surface area contributed by atoms with Gasteiger partial charge in [0, 0.05) is 11.4 Å².